The predicted molar refractivity (Wildman–Crippen MR) is 98.8 cm³/mol. The Kier molecular flexibility index (Phi) is 8.86. The Balaban J connectivity index is 0.00000261. The number of thiophene rings is 1. The van der Waals surface area contributed by atoms with Gasteiger partial charge in [-0.2, -0.15) is 19.2 Å². The molecule has 0 saturated carbocycles. The average molecular weight is 489 g/mol. The maximum Gasteiger partial charge on any atom is 0.416 e. The summed E-state index contributed by atoms with van der Waals surface area (Å²) in [5, 5.41) is 3.12. The quantitative estimate of drug-likeness (QED) is 0.302. The Morgan fingerprint density at radius 1 is 1.22 bits per heavy atom. The molecule has 1 heterocycles. The maximum absolute atomic E-state index is 12.9. The summed E-state index contributed by atoms with van der Waals surface area (Å²) in [6, 6.07) is 7.38. The van der Waals surface area contributed by atoms with Crippen LogP contribution in [0.25, 0.3) is 0 Å². The third-order valence-electron chi connectivity index (χ3n) is 4.51. The molecule has 1 aliphatic carbocycles. The number of benzene rings is 1. The first-order valence-electron chi connectivity index (χ1n) is 8.56. The van der Waals surface area contributed by atoms with Crippen LogP contribution in [-0.4, -0.2) is 6.61 Å². The fraction of sp³-hybridized carbons (Fsp3) is 0.400. The number of hydrogen-bond donors (Lipinski definition) is 0. The van der Waals surface area contributed by atoms with Crippen molar-refractivity contribution in [1.29, 1.82) is 0 Å². The van der Waals surface area contributed by atoms with E-state index in [-0.39, 0.29) is 49.4 Å². The second-order valence-electron chi connectivity index (χ2n) is 6.41. The van der Waals surface area contributed by atoms with Gasteiger partial charge in [0.15, 0.2) is 0 Å². The van der Waals surface area contributed by atoms with Gasteiger partial charge in [0.2, 0.25) is 0 Å². The van der Waals surface area contributed by atoms with E-state index in [9.17, 15) is 13.2 Å². The van der Waals surface area contributed by atoms with E-state index >= 15 is 0 Å². The molecule has 143 valence electrons. The minimum absolute atomic E-state index is 0. The zero-order valence-corrected chi connectivity index (χ0v) is 19.1. The van der Waals surface area contributed by atoms with E-state index in [1.807, 2.05) is 6.07 Å². The minimum Gasteiger partial charge on any atom is -0.493 e. The van der Waals surface area contributed by atoms with Gasteiger partial charge in [-0.25, -0.2) is 6.07 Å². The molecule has 7 heteroatoms. The predicted octanol–water partition coefficient (Wildman–Crippen LogP) is 6.96. The third kappa shape index (κ3) is 6.88. The minimum atomic E-state index is -4.43. The largest absolute Gasteiger partial charge is 0.493 e. The number of allylic oxidation sites excluding steroid dienone is 1. The molecule has 0 bridgehead atoms. The van der Waals surface area contributed by atoms with Gasteiger partial charge >= 0.3 is 6.18 Å². The molecule has 0 N–H and O–H groups in total. The van der Waals surface area contributed by atoms with Crippen molar-refractivity contribution in [1.82, 2.24) is 0 Å². The number of halogens is 4. The van der Waals surface area contributed by atoms with Gasteiger partial charge in [-0.3, -0.25) is 0 Å². The van der Waals surface area contributed by atoms with Gasteiger partial charge in [-0.1, -0.05) is 36.1 Å². The molecule has 0 spiro atoms. The third-order valence-corrected chi connectivity index (χ3v) is 5.59. The second kappa shape index (κ2) is 10.4. The summed E-state index contributed by atoms with van der Waals surface area (Å²) < 4.78 is 44.3. The summed E-state index contributed by atoms with van der Waals surface area (Å²) in [6.07, 6.45) is 2.88. The van der Waals surface area contributed by atoms with E-state index in [1.54, 1.807) is 11.3 Å². The Hall–Kier alpha value is -0.356. The van der Waals surface area contributed by atoms with Crippen LogP contribution in [0.2, 0.25) is 5.02 Å². The summed E-state index contributed by atoms with van der Waals surface area (Å²) in [4.78, 5) is 1.33. The Labute approximate surface area is 191 Å². The molecule has 2 aromatic rings. The topological polar surface area (TPSA) is 9.23 Å². The van der Waals surface area contributed by atoms with Crippen LogP contribution in [0.1, 0.15) is 36.1 Å². The zero-order valence-electron chi connectivity index (χ0n) is 14.7. The first-order chi connectivity index (χ1) is 12.4. The Bertz CT molecular complexity index is 759. The maximum atomic E-state index is 12.9. The molecule has 0 unspecified atom stereocenters. The molecule has 0 fully saturated rings. The van der Waals surface area contributed by atoms with Crippen LogP contribution in [0.4, 0.5) is 13.2 Å². The van der Waals surface area contributed by atoms with Crippen LogP contribution in [0.15, 0.2) is 42.0 Å². The van der Waals surface area contributed by atoms with Gasteiger partial charge in [0.05, 0.1) is 12.2 Å². The average Bonchev–Trinajstić information content (AvgIpc) is 3.23. The molecule has 0 amide bonds. The van der Waals surface area contributed by atoms with Crippen LogP contribution >= 0.6 is 22.9 Å². The Morgan fingerprint density at radius 3 is 2.74 bits per heavy atom. The molecule has 1 aromatic carbocycles. The van der Waals surface area contributed by atoms with Crippen LogP contribution in [0.5, 0.6) is 5.75 Å². The van der Waals surface area contributed by atoms with Crippen molar-refractivity contribution in [2.24, 2.45) is 5.92 Å². The van der Waals surface area contributed by atoms with Gasteiger partial charge in [0, 0.05) is 43.6 Å². The molecule has 3 rings (SSSR count). The second-order valence-corrected chi connectivity index (χ2v) is 7.81. The molecule has 1 atom stereocenters. The van der Waals surface area contributed by atoms with Crippen molar-refractivity contribution < 1.29 is 50.6 Å². The molecular formula is C20H19ClF3OSY-. The van der Waals surface area contributed by atoms with Crippen LogP contribution in [0.3, 0.4) is 0 Å². The van der Waals surface area contributed by atoms with Crippen molar-refractivity contribution in [2.45, 2.75) is 38.3 Å². The molecule has 1 aliphatic rings. The van der Waals surface area contributed by atoms with E-state index in [2.05, 4.69) is 17.5 Å². The first kappa shape index (κ1) is 22.9. The van der Waals surface area contributed by atoms with Gasteiger partial charge in [0.1, 0.15) is 5.75 Å². The zero-order chi connectivity index (χ0) is 18.6. The van der Waals surface area contributed by atoms with Crippen molar-refractivity contribution in [3.63, 3.8) is 0 Å². The molecule has 0 aliphatic heterocycles. The fourth-order valence-electron chi connectivity index (χ4n) is 3.20. The number of alkyl halides is 3. The van der Waals surface area contributed by atoms with Crippen molar-refractivity contribution in [2.75, 3.05) is 6.61 Å². The molecule has 0 saturated heterocycles. The smallest absolute Gasteiger partial charge is 0.416 e. The van der Waals surface area contributed by atoms with Gasteiger partial charge < -0.3 is 16.1 Å². The number of rotatable bonds is 7. The van der Waals surface area contributed by atoms with E-state index in [4.69, 9.17) is 16.3 Å². The van der Waals surface area contributed by atoms with E-state index in [0.717, 1.165) is 44.2 Å². The van der Waals surface area contributed by atoms with Crippen LogP contribution < -0.4 is 4.74 Å². The molecule has 1 nitrogen and oxygen atoms in total. The van der Waals surface area contributed by atoms with Gasteiger partial charge in [-0.05, 0) is 37.5 Å². The normalized spacial score (nSPS) is 16.7. The number of hydrogen-bond acceptors (Lipinski definition) is 2. The van der Waals surface area contributed by atoms with Crippen LogP contribution in [0, 0.1) is 11.3 Å². The van der Waals surface area contributed by atoms with E-state index in [0.29, 0.717) is 6.61 Å². The molecule has 1 radical (unpaired) electrons. The molecule has 1 aromatic heterocycles. The number of aryl methyl sites for hydroxylation is 1. The standard InChI is InChI=1S/C20H19ClF3OS.Y/c21-17-10-16(20(22,23)24)11-18(12-17)25-13-15-6-1-4-14(15)5-2-7-19-8-3-9-26-19;/h3-4,8,10-12,15H,1-2,5-7,13H2;/q-1;/t15-;/m1./s1. The van der Waals surface area contributed by atoms with Gasteiger partial charge in [0.25, 0.3) is 0 Å². The summed E-state index contributed by atoms with van der Waals surface area (Å²) in [5.41, 5.74) is 0.568. The van der Waals surface area contributed by atoms with Crippen molar-refractivity contribution in [3.8, 4) is 5.75 Å². The molecule has 27 heavy (non-hydrogen) atoms. The monoisotopic (exact) mass is 488 g/mol. The van der Waals surface area contributed by atoms with Crippen LogP contribution in [-0.2, 0) is 45.3 Å². The Morgan fingerprint density at radius 2 is 2.04 bits per heavy atom. The SMILES string of the molecule is FC(F)(F)c1cc(Cl)cc(OC[C@H]2CCC=C2CCCc2cc[c-]s2)c1.[Y]. The summed E-state index contributed by atoms with van der Waals surface area (Å²) in [6.45, 7) is 0.385. The van der Waals surface area contributed by atoms with Crippen molar-refractivity contribution in [3.05, 3.63) is 62.8 Å². The first-order valence-corrected chi connectivity index (χ1v) is 9.75. The van der Waals surface area contributed by atoms with Crippen molar-refractivity contribution >= 4 is 22.9 Å². The summed E-state index contributed by atoms with van der Waals surface area (Å²) in [5.74, 6) is 0.434. The van der Waals surface area contributed by atoms with Gasteiger partial charge in [-0.15, -0.1) is 10.3 Å². The van der Waals surface area contributed by atoms with E-state index < -0.39 is 11.7 Å². The summed E-state index contributed by atoms with van der Waals surface area (Å²) in [7, 11) is 0. The number of ether oxygens (including phenoxy) is 1. The fourth-order valence-corrected chi connectivity index (χ4v) is 4.09. The molecular weight excluding hydrogens is 470 g/mol. The summed E-state index contributed by atoms with van der Waals surface area (Å²) >= 11 is 7.45. The van der Waals surface area contributed by atoms with E-state index in [1.165, 1.54) is 16.5 Å².